The van der Waals surface area contributed by atoms with E-state index in [2.05, 4.69) is 31.8 Å². The van der Waals surface area contributed by atoms with Gasteiger partial charge in [-0.05, 0) is 75.0 Å². The van der Waals surface area contributed by atoms with Crippen molar-refractivity contribution in [2.75, 3.05) is 25.4 Å². The van der Waals surface area contributed by atoms with Crippen molar-refractivity contribution in [3.63, 3.8) is 0 Å². The molecule has 0 bridgehead atoms. The molecule has 5 rings (SSSR count). The van der Waals surface area contributed by atoms with Crippen LogP contribution in [0.15, 0.2) is 63.4 Å². The van der Waals surface area contributed by atoms with Gasteiger partial charge in [0.1, 0.15) is 0 Å². The SMILES string of the molecule is C=N/C=C(\C=C/C)c1ncc(-c2nnc(SCCCN3CC[C@]4(C[C@@H]4c4ccc(C(F)(F)F)cc4)C3)n2C)o1. The lowest BCUT2D eigenvalue weighted by Gasteiger charge is -2.16. The van der Waals surface area contributed by atoms with Crippen molar-refractivity contribution in [3.05, 3.63) is 65.8 Å². The summed E-state index contributed by atoms with van der Waals surface area (Å²) in [5.41, 5.74) is 1.40. The van der Waals surface area contributed by atoms with Crippen LogP contribution in [0.2, 0.25) is 0 Å². The monoisotopic (exact) mass is 556 g/mol. The summed E-state index contributed by atoms with van der Waals surface area (Å²) in [5.74, 6) is 2.84. The van der Waals surface area contributed by atoms with Crippen LogP contribution in [0.1, 0.15) is 49.1 Å². The fourth-order valence-electron chi connectivity index (χ4n) is 5.41. The van der Waals surface area contributed by atoms with Crippen molar-refractivity contribution in [1.82, 2.24) is 24.6 Å². The molecule has 0 radical (unpaired) electrons. The Kier molecular flexibility index (Phi) is 7.82. The third-order valence-electron chi connectivity index (χ3n) is 7.53. The molecule has 3 heterocycles. The van der Waals surface area contributed by atoms with Crippen LogP contribution in [0.5, 0.6) is 0 Å². The number of aromatic nitrogens is 4. The molecular weight excluding hydrogens is 525 g/mol. The van der Waals surface area contributed by atoms with Gasteiger partial charge in [0.05, 0.1) is 17.3 Å². The summed E-state index contributed by atoms with van der Waals surface area (Å²) in [7, 11) is 1.91. The maximum absolute atomic E-state index is 12.9. The molecular formula is C28H31F3N6OS. The van der Waals surface area contributed by atoms with E-state index in [1.54, 1.807) is 36.3 Å². The topological polar surface area (TPSA) is 72.3 Å². The highest BCUT2D eigenvalue weighted by Crippen LogP contribution is 2.64. The molecule has 1 aliphatic carbocycles. The molecule has 39 heavy (non-hydrogen) atoms. The average Bonchev–Trinajstić information content (AvgIpc) is 3.24. The normalized spacial score (nSPS) is 21.9. The summed E-state index contributed by atoms with van der Waals surface area (Å²) in [6.45, 7) is 8.43. The van der Waals surface area contributed by atoms with Gasteiger partial charge in [-0.15, -0.1) is 10.2 Å². The molecule has 0 amide bonds. The lowest BCUT2D eigenvalue weighted by Crippen LogP contribution is -2.23. The highest BCUT2D eigenvalue weighted by molar-refractivity contribution is 7.99. The molecule has 1 saturated carbocycles. The van der Waals surface area contributed by atoms with Gasteiger partial charge in [-0.25, -0.2) is 4.98 Å². The van der Waals surface area contributed by atoms with Gasteiger partial charge >= 0.3 is 6.18 Å². The Labute approximate surface area is 229 Å². The lowest BCUT2D eigenvalue weighted by atomic mass is 9.97. The number of hydrogen-bond acceptors (Lipinski definition) is 7. The Balaban J connectivity index is 1.10. The quantitative estimate of drug-likeness (QED) is 0.123. The van der Waals surface area contributed by atoms with Gasteiger partial charge in [0.15, 0.2) is 10.9 Å². The molecule has 2 aromatic heterocycles. The first-order valence-corrected chi connectivity index (χ1v) is 13.9. The van der Waals surface area contributed by atoms with E-state index in [-0.39, 0.29) is 5.41 Å². The Bertz CT molecular complexity index is 1380. The van der Waals surface area contributed by atoms with Gasteiger partial charge < -0.3 is 13.9 Å². The standard InChI is InChI=1S/C28H31F3N6OS/c1-4-6-20(16-32-2)25-33-17-23(38-25)24-34-35-26(36(24)3)39-14-5-12-37-13-11-27(18-37)15-22(27)19-7-9-21(10-8-19)28(29,30)31/h4,6-10,16-17,22H,2,5,11-15,18H2,1,3H3/b6-4-,20-16+/t22-,27+/m1/s1. The van der Waals surface area contributed by atoms with Crippen molar-refractivity contribution in [1.29, 1.82) is 0 Å². The Morgan fingerprint density at radius 2 is 2.08 bits per heavy atom. The third kappa shape index (κ3) is 5.89. The largest absolute Gasteiger partial charge is 0.433 e. The van der Waals surface area contributed by atoms with E-state index in [9.17, 15) is 13.2 Å². The van der Waals surface area contributed by atoms with Gasteiger partial charge in [0, 0.05) is 25.5 Å². The van der Waals surface area contributed by atoms with E-state index in [0.717, 1.165) is 60.9 Å². The molecule has 3 aromatic rings. The van der Waals surface area contributed by atoms with E-state index in [4.69, 9.17) is 4.42 Å². The smallest absolute Gasteiger partial charge is 0.416 e. The number of rotatable bonds is 10. The average molecular weight is 557 g/mol. The van der Waals surface area contributed by atoms with E-state index in [1.807, 2.05) is 30.7 Å². The Morgan fingerprint density at radius 1 is 1.28 bits per heavy atom. The van der Waals surface area contributed by atoms with Crippen LogP contribution in [0, 0.1) is 5.41 Å². The van der Waals surface area contributed by atoms with Crippen LogP contribution in [-0.2, 0) is 13.2 Å². The minimum atomic E-state index is -4.29. The zero-order valence-corrected chi connectivity index (χ0v) is 22.8. The highest BCUT2D eigenvalue weighted by atomic mass is 32.2. The maximum atomic E-state index is 12.9. The molecule has 0 unspecified atom stereocenters. The van der Waals surface area contributed by atoms with Gasteiger partial charge in [0.25, 0.3) is 0 Å². The summed E-state index contributed by atoms with van der Waals surface area (Å²) in [6.07, 6.45) is 5.83. The molecule has 206 valence electrons. The molecule has 1 saturated heterocycles. The van der Waals surface area contributed by atoms with Crippen LogP contribution in [0.3, 0.4) is 0 Å². The second-order valence-electron chi connectivity index (χ2n) is 10.1. The third-order valence-corrected chi connectivity index (χ3v) is 8.64. The zero-order valence-electron chi connectivity index (χ0n) is 22.0. The predicted molar refractivity (Wildman–Crippen MR) is 146 cm³/mol. The van der Waals surface area contributed by atoms with Crippen LogP contribution >= 0.6 is 11.8 Å². The number of likely N-dealkylation sites (tertiary alicyclic amines) is 1. The van der Waals surface area contributed by atoms with Gasteiger partial charge in [-0.1, -0.05) is 36.0 Å². The van der Waals surface area contributed by atoms with E-state index in [1.165, 1.54) is 12.1 Å². The zero-order chi connectivity index (χ0) is 27.6. The van der Waals surface area contributed by atoms with Crippen molar-refractivity contribution in [2.45, 2.75) is 43.4 Å². The summed E-state index contributed by atoms with van der Waals surface area (Å²) < 4.78 is 46.5. The number of alkyl halides is 3. The van der Waals surface area contributed by atoms with Crippen LogP contribution in [-0.4, -0.2) is 56.8 Å². The number of thioether (sulfide) groups is 1. The van der Waals surface area contributed by atoms with E-state index in [0.29, 0.717) is 23.4 Å². The van der Waals surface area contributed by atoms with Crippen molar-refractivity contribution >= 4 is 24.1 Å². The summed E-state index contributed by atoms with van der Waals surface area (Å²) in [5, 5.41) is 9.44. The number of benzene rings is 1. The number of halogens is 3. The maximum Gasteiger partial charge on any atom is 0.416 e. The second kappa shape index (κ2) is 11.1. The fourth-order valence-corrected chi connectivity index (χ4v) is 6.25. The highest BCUT2D eigenvalue weighted by Gasteiger charge is 2.57. The van der Waals surface area contributed by atoms with Crippen LogP contribution in [0.4, 0.5) is 13.2 Å². The number of allylic oxidation sites excluding steroid dienone is 3. The Hall–Kier alpha value is -3.18. The first-order valence-electron chi connectivity index (χ1n) is 12.9. The van der Waals surface area contributed by atoms with Gasteiger partial charge in [-0.3, -0.25) is 4.99 Å². The molecule has 1 aliphatic heterocycles. The van der Waals surface area contributed by atoms with Gasteiger partial charge in [-0.2, -0.15) is 13.2 Å². The van der Waals surface area contributed by atoms with Crippen molar-refractivity contribution in [3.8, 4) is 11.6 Å². The molecule has 0 N–H and O–H groups in total. The molecule has 2 atom stereocenters. The minimum absolute atomic E-state index is 0.227. The van der Waals surface area contributed by atoms with Gasteiger partial charge in [0.2, 0.25) is 11.7 Å². The molecule has 7 nitrogen and oxygen atoms in total. The van der Waals surface area contributed by atoms with E-state index < -0.39 is 11.7 Å². The molecule has 1 spiro atoms. The van der Waals surface area contributed by atoms with Crippen molar-refractivity contribution in [2.24, 2.45) is 17.5 Å². The number of nitrogens with zero attached hydrogens (tertiary/aromatic N) is 6. The number of oxazole rings is 1. The Morgan fingerprint density at radius 3 is 2.79 bits per heavy atom. The molecule has 2 aliphatic rings. The molecule has 1 aromatic carbocycles. The fraction of sp³-hybridized carbons (Fsp3) is 0.429. The van der Waals surface area contributed by atoms with E-state index >= 15 is 0 Å². The van der Waals surface area contributed by atoms with Crippen LogP contribution < -0.4 is 0 Å². The van der Waals surface area contributed by atoms with Crippen LogP contribution in [0.25, 0.3) is 17.2 Å². The molecule has 11 heteroatoms. The summed E-state index contributed by atoms with van der Waals surface area (Å²) in [4.78, 5) is 10.6. The minimum Gasteiger partial charge on any atom is -0.433 e. The predicted octanol–water partition coefficient (Wildman–Crippen LogP) is 6.47. The van der Waals surface area contributed by atoms with Crippen molar-refractivity contribution < 1.29 is 17.6 Å². The first-order chi connectivity index (χ1) is 18.7. The number of aliphatic imine (C=N–C) groups is 1. The lowest BCUT2D eigenvalue weighted by molar-refractivity contribution is -0.137. The summed E-state index contributed by atoms with van der Waals surface area (Å²) in [6, 6.07) is 5.74. The first kappa shape index (κ1) is 27.4. The second-order valence-corrected chi connectivity index (χ2v) is 11.2. The number of hydrogen-bond donors (Lipinski definition) is 0. The summed E-state index contributed by atoms with van der Waals surface area (Å²) >= 11 is 1.65. The molecule has 2 fully saturated rings.